The fourth-order valence-electron chi connectivity index (χ4n) is 4.58. The molecule has 4 nitrogen and oxygen atoms in total. The Balaban J connectivity index is 1.57. The van der Waals surface area contributed by atoms with Crippen molar-refractivity contribution < 1.29 is 13.2 Å². The zero-order valence-corrected chi connectivity index (χ0v) is 20.2. The quantitative estimate of drug-likeness (QED) is 0.322. The highest BCUT2D eigenvalue weighted by molar-refractivity contribution is 6.30. The van der Waals surface area contributed by atoms with Gasteiger partial charge in [0.05, 0.1) is 17.0 Å². The van der Waals surface area contributed by atoms with Crippen LogP contribution in [0.2, 0.25) is 5.02 Å². The molecule has 0 amide bonds. The number of hydrogen-bond acceptors (Lipinski definition) is 3. The predicted octanol–water partition coefficient (Wildman–Crippen LogP) is 6.48. The van der Waals surface area contributed by atoms with Gasteiger partial charge in [0.2, 0.25) is 0 Å². The van der Waals surface area contributed by atoms with Gasteiger partial charge >= 0.3 is 6.18 Å². The van der Waals surface area contributed by atoms with Crippen LogP contribution in [0.25, 0.3) is 28.0 Å². The van der Waals surface area contributed by atoms with E-state index in [0.29, 0.717) is 5.02 Å². The molecule has 1 aliphatic rings. The number of benzene rings is 2. The maximum Gasteiger partial charge on any atom is 0.416 e. The summed E-state index contributed by atoms with van der Waals surface area (Å²) in [6, 6.07) is 16.8. The summed E-state index contributed by atoms with van der Waals surface area (Å²) >= 11 is 6.12. The number of pyridine rings is 1. The first-order chi connectivity index (χ1) is 16.8. The topological polar surface area (TPSA) is 23.8 Å². The number of nitrogens with zero attached hydrogens (tertiary/aromatic N) is 4. The van der Waals surface area contributed by atoms with Crippen molar-refractivity contribution in [1.29, 1.82) is 0 Å². The summed E-state index contributed by atoms with van der Waals surface area (Å²) in [5.74, 6) is 0. The third kappa shape index (κ3) is 5.22. The van der Waals surface area contributed by atoms with E-state index >= 15 is 0 Å². The second-order valence-electron chi connectivity index (χ2n) is 9.07. The van der Waals surface area contributed by atoms with Crippen molar-refractivity contribution in [2.24, 2.45) is 0 Å². The lowest BCUT2D eigenvalue weighted by Crippen LogP contribution is -2.29. The molecule has 0 aliphatic carbocycles. The molecule has 4 aromatic rings. The Kier molecular flexibility index (Phi) is 6.57. The Morgan fingerprint density at radius 3 is 2.23 bits per heavy atom. The van der Waals surface area contributed by atoms with Crippen molar-refractivity contribution in [2.75, 3.05) is 33.2 Å². The van der Waals surface area contributed by atoms with Gasteiger partial charge in [0.25, 0.3) is 0 Å². The van der Waals surface area contributed by atoms with Crippen molar-refractivity contribution >= 4 is 17.2 Å². The molecule has 0 atom stereocenters. The van der Waals surface area contributed by atoms with Crippen LogP contribution in [0.4, 0.5) is 13.2 Å². The summed E-state index contributed by atoms with van der Waals surface area (Å²) in [6.45, 7) is 4.76. The lowest BCUT2D eigenvalue weighted by atomic mass is 10.1. The molecule has 1 fully saturated rings. The number of imidazole rings is 1. The molecule has 0 radical (unpaired) electrons. The van der Waals surface area contributed by atoms with Gasteiger partial charge in [0.15, 0.2) is 0 Å². The third-order valence-corrected chi connectivity index (χ3v) is 6.82. The maximum atomic E-state index is 13.0. The molecule has 5 rings (SSSR count). The van der Waals surface area contributed by atoms with Crippen molar-refractivity contribution in [1.82, 2.24) is 19.2 Å². The first-order valence-corrected chi connectivity index (χ1v) is 12.0. The van der Waals surface area contributed by atoms with Gasteiger partial charge in [-0.15, -0.1) is 0 Å². The zero-order chi connectivity index (χ0) is 24.6. The van der Waals surface area contributed by atoms with Crippen molar-refractivity contribution in [3.63, 3.8) is 0 Å². The summed E-state index contributed by atoms with van der Waals surface area (Å²) < 4.78 is 41.1. The second-order valence-corrected chi connectivity index (χ2v) is 9.50. The van der Waals surface area contributed by atoms with Gasteiger partial charge in [-0.3, -0.25) is 4.90 Å². The molecule has 0 bridgehead atoms. The molecule has 1 aliphatic heterocycles. The van der Waals surface area contributed by atoms with E-state index < -0.39 is 11.7 Å². The van der Waals surface area contributed by atoms with E-state index in [2.05, 4.69) is 21.2 Å². The molecule has 182 valence electrons. The summed E-state index contributed by atoms with van der Waals surface area (Å²) in [5, 5.41) is 0.666. The van der Waals surface area contributed by atoms with Crippen LogP contribution in [-0.4, -0.2) is 52.4 Å². The highest BCUT2D eigenvalue weighted by Gasteiger charge is 2.30. The Morgan fingerprint density at radius 1 is 0.829 bits per heavy atom. The molecule has 0 saturated carbocycles. The van der Waals surface area contributed by atoms with Gasteiger partial charge in [-0.1, -0.05) is 35.9 Å². The van der Waals surface area contributed by atoms with E-state index in [9.17, 15) is 13.2 Å². The van der Waals surface area contributed by atoms with E-state index in [1.54, 1.807) is 0 Å². The van der Waals surface area contributed by atoms with Crippen molar-refractivity contribution in [3.8, 4) is 22.4 Å². The monoisotopic (exact) mass is 498 g/mol. The van der Waals surface area contributed by atoms with Gasteiger partial charge < -0.3 is 9.30 Å². The van der Waals surface area contributed by atoms with Gasteiger partial charge in [0.1, 0.15) is 5.65 Å². The number of rotatable bonds is 4. The minimum atomic E-state index is -4.35. The fraction of sp³-hybridized carbons (Fsp3) is 0.296. The summed E-state index contributed by atoms with van der Waals surface area (Å²) in [5.41, 5.74) is 4.64. The first kappa shape index (κ1) is 23.9. The van der Waals surface area contributed by atoms with E-state index in [0.717, 1.165) is 85.0 Å². The number of likely N-dealkylation sites (N-methyl/N-ethyl adjacent to an activating group) is 1. The van der Waals surface area contributed by atoms with Crippen LogP contribution in [0.15, 0.2) is 66.9 Å². The van der Waals surface area contributed by atoms with Gasteiger partial charge in [0, 0.05) is 36.4 Å². The van der Waals surface area contributed by atoms with Gasteiger partial charge in [-0.25, -0.2) is 4.98 Å². The normalized spacial score (nSPS) is 16.0. The Labute approximate surface area is 207 Å². The minimum Gasteiger partial charge on any atom is -0.305 e. The molecule has 8 heteroatoms. The van der Waals surface area contributed by atoms with E-state index in [1.807, 2.05) is 42.6 Å². The molecule has 3 heterocycles. The predicted molar refractivity (Wildman–Crippen MR) is 133 cm³/mol. The third-order valence-electron chi connectivity index (χ3n) is 6.57. The number of alkyl halides is 3. The van der Waals surface area contributed by atoms with Crippen LogP contribution in [0, 0.1) is 0 Å². The summed E-state index contributed by atoms with van der Waals surface area (Å²) in [7, 11) is 2.15. The first-order valence-electron chi connectivity index (χ1n) is 11.6. The lowest BCUT2D eigenvalue weighted by molar-refractivity contribution is -0.137. The lowest BCUT2D eigenvalue weighted by Gasteiger charge is -2.21. The molecular formula is C27H26ClF3N4. The molecule has 2 aromatic carbocycles. The summed E-state index contributed by atoms with van der Waals surface area (Å²) in [6.07, 6.45) is -1.28. The molecule has 0 N–H and O–H groups in total. The minimum absolute atomic E-state index is 0.651. The van der Waals surface area contributed by atoms with Crippen LogP contribution in [0.3, 0.4) is 0 Å². The van der Waals surface area contributed by atoms with Crippen LogP contribution in [0.5, 0.6) is 0 Å². The number of hydrogen-bond donors (Lipinski definition) is 0. The molecule has 0 spiro atoms. The van der Waals surface area contributed by atoms with E-state index in [1.165, 1.54) is 12.1 Å². The molecule has 2 aromatic heterocycles. The average Bonchev–Trinajstić information content (AvgIpc) is 3.06. The van der Waals surface area contributed by atoms with E-state index in [-0.39, 0.29) is 0 Å². The molecule has 35 heavy (non-hydrogen) atoms. The Morgan fingerprint density at radius 2 is 1.51 bits per heavy atom. The number of halogens is 4. The van der Waals surface area contributed by atoms with Crippen LogP contribution in [0.1, 0.15) is 17.7 Å². The van der Waals surface area contributed by atoms with Crippen molar-refractivity contribution in [2.45, 2.75) is 19.1 Å². The largest absolute Gasteiger partial charge is 0.416 e. The molecule has 0 unspecified atom stereocenters. The molecule has 1 saturated heterocycles. The number of aromatic nitrogens is 2. The SMILES string of the molecule is CN1CCCN(Cc2c(-c3ccc(Cl)cc3)nc3ccc(-c4ccc(C(F)(F)F)cc4)cn23)CC1. The Bertz CT molecular complexity index is 1310. The average molecular weight is 499 g/mol. The van der Waals surface area contributed by atoms with Crippen molar-refractivity contribution in [3.05, 3.63) is 83.1 Å². The molecular weight excluding hydrogens is 473 g/mol. The summed E-state index contributed by atoms with van der Waals surface area (Å²) in [4.78, 5) is 9.72. The fourth-order valence-corrected chi connectivity index (χ4v) is 4.70. The number of fused-ring (bicyclic) bond motifs is 1. The van der Waals surface area contributed by atoms with Gasteiger partial charge in [-0.05, 0) is 74.1 Å². The second kappa shape index (κ2) is 9.64. The van der Waals surface area contributed by atoms with Crippen LogP contribution >= 0.6 is 11.6 Å². The van der Waals surface area contributed by atoms with E-state index in [4.69, 9.17) is 16.6 Å². The standard InChI is InChI=1S/C27H26ClF3N4/c1-33-13-2-14-34(16-15-33)18-24-26(20-5-10-23(28)11-6-20)32-25-12-7-21(17-35(24)25)19-3-8-22(9-4-19)27(29,30)31/h3-12,17H,2,13-16,18H2,1H3. The smallest absolute Gasteiger partial charge is 0.305 e. The highest BCUT2D eigenvalue weighted by atomic mass is 35.5. The van der Waals surface area contributed by atoms with Crippen LogP contribution < -0.4 is 0 Å². The van der Waals surface area contributed by atoms with Crippen LogP contribution in [-0.2, 0) is 12.7 Å². The maximum absolute atomic E-state index is 13.0. The van der Waals surface area contributed by atoms with Gasteiger partial charge in [-0.2, -0.15) is 13.2 Å². The zero-order valence-electron chi connectivity index (χ0n) is 19.4. The Hall–Kier alpha value is -2.87. The highest BCUT2D eigenvalue weighted by Crippen LogP contribution is 2.32.